The molecule has 0 bridgehead atoms. The molecule has 0 saturated heterocycles. The van der Waals surface area contributed by atoms with Gasteiger partial charge in [0.1, 0.15) is 0 Å². The fourth-order valence-electron chi connectivity index (χ4n) is 3.21. The van der Waals surface area contributed by atoms with Crippen molar-refractivity contribution in [1.29, 1.82) is 0 Å². The minimum absolute atomic E-state index is 0.107. The van der Waals surface area contributed by atoms with Crippen molar-refractivity contribution >= 4 is 29.4 Å². The minimum atomic E-state index is -0.515. The van der Waals surface area contributed by atoms with Crippen LogP contribution in [0.2, 0.25) is 5.02 Å². The van der Waals surface area contributed by atoms with Crippen LogP contribution in [-0.2, 0) is 0 Å². The molecule has 0 unspecified atom stereocenters. The molecule has 3 aromatic rings. The van der Waals surface area contributed by atoms with Crippen LogP contribution < -0.4 is 5.43 Å². The molecule has 1 amide bonds. The first-order chi connectivity index (χ1) is 13.8. The van der Waals surface area contributed by atoms with Gasteiger partial charge in [-0.05, 0) is 45.0 Å². The predicted octanol–water partition coefficient (Wildman–Crippen LogP) is 4.73. The normalized spacial score (nSPS) is 11.0. The van der Waals surface area contributed by atoms with Crippen LogP contribution in [-0.4, -0.2) is 21.6 Å². The van der Waals surface area contributed by atoms with Crippen LogP contribution >= 0.6 is 11.6 Å². The molecule has 0 radical (unpaired) electrons. The molecule has 0 aliphatic heterocycles. The van der Waals surface area contributed by atoms with E-state index in [0.717, 1.165) is 22.6 Å². The average molecular weight is 411 g/mol. The van der Waals surface area contributed by atoms with E-state index in [9.17, 15) is 14.9 Å². The number of nitro groups is 1. The zero-order chi connectivity index (χ0) is 21.1. The second-order valence-electron chi connectivity index (χ2n) is 6.52. The Morgan fingerprint density at radius 3 is 2.59 bits per heavy atom. The fourth-order valence-corrected chi connectivity index (χ4v) is 3.43. The number of aryl methyl sites for hydroxylation is 1. The zero-order valence-electron chi connectivity index (χ0n) is 16.1. The van der Waals surface area contributed by atoms with Gasteiger partial charge in [-0.25, -0.2) is 5.43 Å². The Bertz CT molecular complexity index is 1130. The van der Waals surface area contributed by atoms with Gasteiger partial charge in [-0.2, -0.15) is 5.10 Å². The first kappa shape index (κ1) is 20.3. The summed E-state index contributed by atoms with van der Waals surface area (Å²) in [4.78, 5) is 22.9. The monoisotopic (exact) mass is 410 g/mol. The highest BCUT2D eigenvalue weighted by Gasteiger charge is 2.17. The SMILES string of the molecule is Cc1c(C(=O)N/N=C\c2cc(C)n(-c3ccccc3Cl)c2C)cccc1[N+](=O)[O-]. The molecule has 0 atom stereocenters. The summed E-state index contributed by atoms with van der Waals surface area (Å²) in [5, 5.41) is 15.7. The lowest BCUT2D eigenvalue weighted by Gasteiger charge is -2.11. The first-order valence-corrected chi connectivity index (χ1v) is 9.20. The van der Waals surface area contributed by atoms with Crippen molar-refractivity contribution in [2.45, 2.75) is 20.8 Å². The Labute approximate surface area is 172 Å². The summed E-state index contributed by atoms with van der Waals surface area (Å²) in [5.74, 6) is -0.512. The van der Waals surface area contributed by atoms with E-state index in [1.807, 2.05) is 48.7 Å². The van der Waals surface area contributed by atoms with Gasteiger partial charge in [0.2, 0.25) is 0 Å². The largest absolute Gasteiger partial charge is 0.316 e. The van der Waals surface area contributed by atoms with Gasteiger partial charge in [0.25, 0.3) is 11.6 Å². The van der Waals surface area contributed by atoms with E-state index in [0.29, 0.717) is 10.6 Å². The smallest absolute Gasteiger partial charge is 0.273 e. The van der Waals surface area contributed by atoms with Crippen molar-refractivity contribution in [2.75, 3.05) is 0 Å². The molecule has 0 spiro atoms. The molecular weight excluding hydrogens is 392 g/mol. The Morgan fingerprint density at radius 1 is 1.17 bits per heavy atom. The van der Waals surface area contributed by atoms with Crippen molar-refractivity contribution in [3.63, 3.8) is 0 Å². The molecule has 3 rings (SSSR count). The molecule has 1 aromatic heterocycles. The van der Waals surface area contributed by atoms with Crippen LogP contribution in [0.5, 0.6) is 0 Å². The van der Waals surface area contributed by atoms with Gasteiger partial charge in [-0.15, -0.1) is 0 Å². The molecule has 0 aliphatic carbocycles. The third kappa shape index (κ3) is 4.05. The minimum Gasteiger partial charge on any atom is -0.316 e. The maximum Gasteiger partial charge on any atom is 0.273 e. The summed E-state index contributed by atoms with van der Waals surface area (Å²) in [6, 6.07) is 13.8. The number of halogens is 1. The summed E-state index contributed by atoms with van der Waals surface area (Å²) >= 11 is 6.32. The standard InChI is InChI=1S/C21H19ClN4O3/c1-13-11-16(15(3)25(13)20-9-5-4-8-18(20)22)12-23-24-21(27)17-7-6-10-19(14(17)2)26(28)29/h4-12H,1-3H3,(H,24,27)/b23-12-. The number of para-hydroxylation sites is 1. The molecule has 0 fully saturated rings. The predicted molar refractivity (Wildman–Crippen MR) is 113 cm³/mol. The summed E-state index contributed by atoms with van der Waals surface area (Å²) < 4.78 is 2.01. The van der Waals surface area contributed by atoms with Gasteiger partial charge in [-0.1, -0.05) is 29.8 Å². The molecule has 0 saturated carbocycles. The lowest BCUT2D eigenvalue weighted by Crippen LogP contribution is -2.19. The number of rotatable bonds is 5. The summed E-state index contributed by atoms with van der Waals surface area (Å²) in [5.41, 5.74) is 6.39. The van der Waals surface area contributed by atoms with Crippen LogP contribution in [0.25, 0.3) is 5.69 Å². The summed E-state index contributed by atoms with van der Waals surface area (Å²) in [6.07, 6.45) is 1.54. The number of aromatic nitrogens is 1. The van der Waals surface area contributed by atoms with Crippen molar-refractivity contribution in [3.05, 3.63) is 91.7 Å². The van der Waals surface area contributed by atoms with Gasteiger partial charge in [0.15, 0.2) is 0 Å². The van der Waals surface area contributed by atoms with Gasteiger partial charge in [0.05, 0.1) is 27.4 Å². The molecular formula is C21H19ClN4O3. The number of nitro benzene ring substituents is 1. The van der Waals surface area contributed by atoms with E-state index < -0.39 is 10.8 Å². The molecule has 29 heavy (non-hydrogen) atoms. The van der Waals surface area contributed by atoms with Gasteiger partial charge < -0.3 is 4.57 Å². The van der Waals surface area contributed by atoms with Crippen molar-refractivity contribution in [2.24, 2.45) is 5.10 Å². The van der Waals surface area contributed by atoms with E-state index >= 15 is 0 Å². The maximum absolute atomic E-state index is 12.4. The lowest BCUT2D eigenvalue weighted by molar-refractivity contribution is -0.385. The highest BCUT2D eigenvalue weighted by molar-refractivity contribution is 6.32. The Balaban J connectivity index is 1.83. The molecule has 7 nitrogen and oxygen atoms in total. The number of nitrogens with one attached hydrogen (secondary N) is 1. The number of hydrazone groups is 1. The van der Waals surface area contributed by atoms with E-state index in [1.165, 1.54) is 25.1 Å². The molecule has 148 valence electrons. The summed E-state index contributed by atoms with van der Waals surface area (Å²) in [7, 11) is 0. The average Bonchev–Trinajstić information content (AvgIpc) is 2.95. The van der Waals surface area contributed by atoms with Gasteiger partial charge in [0, 0.05) is 28.6 Å². The van der Waals surface area contributed by atoms with Crippen LogP contribution in [0.1, 0.15) is 32.9 Å². The lowest BCUT2D eigenvalue weighted by atomic mass is 10.1. The van der Waals surface area contributed by atoms with Crippen molar-refractivity contribution in [1.82, 2.24) is 9.99 Å². The molecule has 2 aromatic carbocycles. The highest BCUT2D eigenvalue weighted by atomic mass is 35.5. The van der Waals surface area contributed by atoms with E-state index in [-0.39, 0.29) is 11.3 Å². The molecule has 0 aliphatic rings. The number of hydrogen-bond donors (Lipinski definition) is 1. The summed E-state index contributed by atoms with van der Waals surface area (Å²) in [6.45, 7) is 5.43. The van der Waals surface area contributed by atoms with Gasteiger partial charge in [-0.3, -0.25) is 14.9 Å². The quantitative estimate of drug-likeness (QED) is 0.374. The number of amides is 1. The van der Waals surface area contributed by atoms with Crippen LogP contribution in [0.4, 0.5) is 5.69 Å². The third-order valence-corrected chi connectivity index (χ3v) is 5.00. The molecule has 1 N–H and O–H groups in total. The second kappa shape index (κ2) is 8.28. The van der Waals surface area contributed by atoms with E-state index in [2.05, 4.69) is 10.5 Å². The van der Waals surface area contributed by atoms with Crippen LogP contribution in [0.15, 0.2) is 53.6 Å². The Morgan fingerprint density at radius 2 is 1.90 bits per heavy atom. The van der Waals surface area contributed by atoms with E-state index in [1.54, 1.807) is 6.21 Å². The fraction of sp³-hybridized carbons (Fsp3) is 0.143. The first-order valence-electron chi connectivity index (χ1n) is 8.82. The number of carbonyl (C=O) groups is 1. The zero-order valence-corrected chi connectivity index (χ0v) is 16.9. The number of benzene rings is 2. The Kier molecular flexibility index (Phi) is 5.79. The number of hydrogen-bond acceptors (Lipinski definition) is 4. The van der Waals surface area contributed by atoms with Crippen LogP contribution in [0, 0.1) is 30.9 Å². The topological polar surface area (TPSA) is 89.5 Å². The molecule has 8 heteroatoms. The number of nitrogens with zero attached hydrogens (tertiary/aromatic N) is 3. The van der Waals surface area contributed by atoms with Crippen molar-refractivity contribution in [3.8, 4) is 5.69 Å². The third-order valence-electron chi connectivity index (χ3n) is 4.68. The van der Waals surface area contributed by atoms with Crippen LogP contribution in [0.3, 0.4) is 0 Å². The number of carbonyl (C=O) groups excluding carboxylic acids is 1. The molecule has 1 heterocycles. The highest BCUT2D eigenvalue weighted by Crippen LogP contribution is 2.25. The van der Waals surface area contributed by atoms with E-state index in [4.69, 9.17) is 11.6 Å². The Hall–Kier alpha value is -3.45. The second-order valence-corrected chi connectivity index (χ2v) is 6.93. The maximum atomic E-state index is 12.4. The van der Waals surface area contributed by atoms with Crippen molar-refractivity contribution < 1.29 is 9.72 Å². The van der Waals surface area contributed by atoms with Gasteiger partial charge >= 0.3 is 0 Å².